The summed E-state index contributed by atoms with van der Waals surface area (Å²) < 4.78 is 17.3. The summed E-state index contributed by atoms with van der Waals surface area (Å²) in [7, 11) is 0. The summed E-state index contributed by atoms with van der Waals surface area (Å²) in [6.07, 6.45) is 2.16. The predicted molar refractivity (Wildman–Crippen MR) is 160 cm³/mol. The molecule has 1 atom stereocenters. The molecule has 3 heteroatoms. The molecule has 2 bridgehead atoms. The van der Waals surface area contributed by atoms with Crippen molar-refractivity contribution in [3.8, 4) is 22.3 Å². The first-order valence-corrected chi connectivity index (χ1v) is 13.9. The molecule has 0 unspecified atom stereocenters. The topological polar surface area (TPSA) is 15.6 Å². The van der Waals surface area contributed by atoms with Crippen molar-refractivity contribution in [1.82, 2.24) is 0 Å². The van der Waals surface area contributed by atoms with Crippen molar-refractivity contribution in [3.63, 3.8) is 0 Å². The second-order valence-electron chi connectivity index (χ2n) is 11.5. The molecule has 5 aromatic rings. The molecule has 0 fully saturated rings. The Morgan fingerprint density at radius 1 is 0.667 bits per heavy atom. The van der Waals surface area contributed by atoms with Crippen LogP contribution in [0.4, 0.5) is 15.8 Å². The SMILES string of the molecule is CCCc1ccc(-c2ccc3c4c2-c2ccccc2N2C4=N[C@](F)(c4ccccc42)C3(C)C)c2ccccc12. The normalized spacial score (nSPS) is 19.4. The maximum absolute atomic E-state index is 17.3. The number of rotatable bonds is 3. The van der Waals surface area contributed by atoms with Gasteiger partial charge in [0.15, 0.2) is 0 Å². The van der Waals surface area contributed by atoms with Crippen molar-refractivity contribution in [1.29, 1.82) is 0 Å². The maximum Gasteiger partial charge on any atom is 0.238 e. The second kappa shape index (κ2) is 7.66. The van der Waals surface area contributed by atoms with E-state index in [0.717, 1.165) is 46.5 Å². The highest BCUT2D eigenvalue weighted by Crippen LogP contribution is 2.61. The van der Waals surface area contributed by atoms with Gasteiger partial charge in [-0.05, 0) is 51.6 Å². The van der Waals surface area contributed by atoms with Gasteiger partial charge in [0.2, 0.25) is 5.79 Å². The van der Waals surface area contributed by atoms with Gasteiger partial charge in [0.25, 0.3) is 0 Å². The minimum atomic E-state index is -1.85. The highest BCUT2D eigenvalue weighted by Gasteiger charge is 2.58. The molecule has 5 aromatic carbocycles. The smallest absolute Gasteiger partial charge is 0.238 e. The molecular weight excluding hydrogens is 479 g/mol. The zero-order valence-electron chi connectivity index (χ0n) is 22.4. The molecule has 0 aliphatic carbocycles. The fourth-order valence-electron chi connectivity index (χ4n) is 7.21. The number of nitrogens with zero attached hydrogens (tertiary/aromatic N) is 2. The molecule has 0 spiro atoms. The monoisotopic (exact) mass is 508 g/mol. The van der Waals surface area contributed by atoms with Crippen molar-refractivity contribution in [2.24, 2.45) is 4.99 Å². The van der Waals surface area contributed by atoms with E-state index in [9.17, 15) is 0 Å². The first-order chi connectivity index (χ1) is 19.0. The van der Waals surface area contributed by atoms with Crippen LogP contribution in [0.25, 0.3) is 33.0 Å². The quantitative estimate of drug-likeness (QED) is 0.222. The third-order valence-electron chi connectivity index (χ3n) is 9.14. The van der Waals surface area contributed by atoms with Gasteiger partial charge >= 0.3 is 0 Å². The highest BCUT2D eigenvalue weighted by molar-refractivity contribution is 6.27. The van der Waals surface area contributed by atoms with E-state index < -0.39 is 11.2 Å². The molecule has 0 radical (unpaired) electrons. The summed E-state index contributed by atoms with van der Waals surface area (Å²) in [5.74, 6) is -1.13. The number of halogens is 1. The molecule has 190 valence electrons. The molecule has 0 saturated heterocycles. The maximum atomic E-state index is 17.3. The average molecular weight is 509 g/mol. The number of hydrogen-bond acceptors (Lipinski definition) is 2. The van der Waals surface area contributed by atoms with Crippen LogP contribution < -0.4 is 4.90 Å². The van der Waals surface area contributed by atoms with Crippen LogP contribution >= 0.6 is 0 Å². The Kier molecular flexibility index (Phi) is 4.46. The number of anilines is 2. The third kappa shape index (κ3) is 2.73. The van der Waals surface area contributed by atoms with E-state index in [1.807, 2.05) is 38.1 Å². The van der Waals surface area contributed by atoms with E-state index in [0.29, 0.717) is 11.4 Å². The average Bonchev–Trinajstić information content (AvgIpc) is 2.96. The van der Waals surface area contributed by atoms with Crippen molar-refractivity contribution in [2.75, 3.05) is 4.90 Å². The van der Waals surface area contributed by atoms with Gasteiger partial charge in [0.1, 0.15) is 5.84 Å². The fourth-order valence-corrected chi connectivity index (χ4v) is 7.21. The number of alkyl halides is 1. The second-order valence-corrected chi connectivity index (χ2v) is 11.5. The van der Waals surface area contributed by atoms with Crippen LogP contribution in [0, 0.1) is 0 Å². The van der Waals surface area contributed by atoms with Crippen molar-refractivity contribution in [3.05, 3.63) is 119 Å². The van der Waals surface area contributed by atoms with Crippen LogP contribution in [-0.4, -0.2) is 5.84 Å². The van der Waals surface area contributed by atoms with Gasteiger partial charge in [0, 0.05) is 27.7 Å². The Morgan fingerprint density at radius 3 is 2.18 bits per heavy atom. The number of fused-ring (bicyclic) bond motifs is 8. The first-order valence-electron chi connectivity index (χ1n) is 13.9. The standard InChI is InChI=1S/C36H29FN2/c1-4-11-22-18-19-25(24-13-6-5-12-23(22)24)26-20-21-29-33-32(26)27-14-7-9-16-30(27)39-31-17-10-8-15-28(31)36(37,35(29,2)3)38-34(33)39/h5-10,12-21H,4,11H2,1-3H3/t36-/m1/s1. The summed E-state index contributed by atoms with van der Waals surface area (Å²) in [4.78, 5) is 7.13. The number of amidine groups is 1. The summed E-state index contributed by atoms with van der Waals surface area (Å²) in [5.41, 5.74) is 9.84. The summed E-state index contributed by atoms with van der Waals surface area (Å²) in [6.45, 7) is 6.24. The van der Waals surface area contributed by atoms with Gasteiger partial charge in [-0.3, -0.25) is 4.90 Å². The molecule has 2 nitrogen and oxygen atoms in total. The van der Waals surface area contributed by atoms with E-state index in [4.69, 9.17) is 4.99 Å². The minimum Gasteiger partial charge on any atom is -0.294 e. The number of para-hydroxylation sites is 2. The molecule has 3 heterocycles. The molecule has 8 rings (SSSR count). The van der Waals surface area contributed by atoms with Crippen LogP contribution in [0.5, 0.6) is 0 Å². The molecular formula is C36H29FN2. The molecule has 0 aromatic heterocycles. The lowest BCUT2D eigenvalue weighted by molar-refractivity contribution is 0.0739. The van der Waals surface area contributed by atoms with Gasteiger partial charge < -0.3 is 0 Å². The van der Waals surface area contributed by atoms with Crippen LogP contribution in [0.15, 0.2) is 102 Å². The Labute approximate surface area is 228 Å². The summed E-state index contributed by atoms with van der Waals surface area (Å²) >= 11 is 0. The predicted octanol–water partition coefficient (Wildman–Crippen LogP) is 9.45. The van der Waals surface area contributed by atoms with Crippen molar-refractivity contribution in [2.45, 2.75) is 44.8 Å². The third-order valence-corrected chi connectivity index (χ3v) is 9.14. The largest absolute Gasteiger partial charge is 0.294 e. The lowest BCUT2D eigenvalue weighted by Crippen LogP contribution is -2.52. The Bertz CT molecular complexity index is 1880. The van der Waals surface area contributed by atoms with Crippen molar-refractivity contribution >= 4 is 28.0 Å². The van der Waals surface area contributed by atoms with Gasteiger partial charge in [0.05, 0.1) is 11.4 Å². The van der Waals surface area contributed by atoms with Gasteiger partial charge in [-0.2, -0.15) is 0 Å². The van der Waals surface area contributed by atoms with Gasteiger partial charge in [-0.1, -0.05) is 112 Å². The van der Waals surface area contributed by atoms with E-state index >= 15 is 4.39 Å². The van der Waals surface area contributed by atoms with E-state index in [1.165, 1.54) is 27.5 Å². The van der Waals surface area contributed by atoms with E-state index in [1.54, 1.807) is 0 Å². The first kappa shape index (κ1) is 22.7. The van der Waals surface area contributed by atoms with Crippen LogP contribution in [0.1, 0.15) is 49.4 Å². The summed E-state index contributed by atoms with van der Waals surface area (Å²) in [6, 6.07) is 34.1. The lowest BCUT2D eigenvalue weighted by atomic mass is 9.65. The molecule has 39 heavy (non-hydrogen) atoms. The zero-order valence-corrected chi connectivity index (χ0v) is 22.4. The van der Waals surface area contributed by atoms with Crippen molar-refractivity contribution < 1.29 is 4.39 Å². The Morgan fingerprint density at radius 2 is 1.36 bits per heavy atom. The number of benzene rings is 5. The lowest BCUT2D eigenvalue weighted by Gasteiger charge is -2.52. The molecule has 0 saturated carbocycles. The Hall–Kier alpha value is -4.24. The number of aryl methyl sites for hydroxylation is 1. The number of hydrogen-bond donors (Lipinski definition) is 0. The Balaban J connectivity index is 1.51. The molecule has 3 aliphatic rings. The molecule has 0 amide bonds. The molecule has 3 aliphatic heterocycles. The highest BCUT2D eigenvalue weighted by atomic mass is 19.1. The van der Waals surface area contributed by atoms with Gasteiger partial charge in [-0.15, -0.1) is 0 Å². The number of aliphatic imine (C=N–C) groups is 1. The summed E-state index contributed by atoms with van der Waals surface area (Å²) in [5, 5.41) is 2.56. The van der Waals surface area contributed by atoms with Gasteiger partial charge in [-0.25, -0.2) is 9.38 Å². The minimum absolute atomic E-state index is 0.629. The fraction of sp³-hybridized carbons (Fsp3) is 0.194. The van der Waals surface area contributed by atoms with E-state index in [2.05, 4.69) is 84.6 Å². The van der Waals surface area contributed by atoms with E-state index in [-0.39, 0.29) is 0 Å². The zero-order chi connectivity index (χ0) is 26.5. The van der Waals surface area contributed by atoms with Crippen LogP contribution in [0.2, 0.25) is 0 Å². The van der Waals surface area contributed by atoms with Crippen LogP contribution in [0.3, 0.4) is 0 Å². The van der Waals surface area contributed by atoms with Crippen LogP contribution in [-0.2, 0) is 17.6 Å². The molecule has 0 N–H and O–H groups in total.